The maximum Gasteiger partial charge on any atom is 0.234 e. The molecule has 0 radical (unpaired) electrons. The maximum atomic E-state index is 11.7. The van der Waals surface area contributed by atoms with E-state index in [0.717, 1.165) is 23.5 Å². The summed E-state index contributed by atoms with van der Waals surface area (Å²) in [6.45, 7) is 0.894. The van der Waals surface area contributed by atoms with E-state index in [2.05, 4.69) is 5.32 Å². The van der Waals surface area contributed by atoms with Crippen molar-refractivity contribution in [1.29, 1.82) is 0 Å². The van der Waals surface area contributed by atoms with Crippen molar-refractivity contribution in [2.24, 2.45) is 0 Å². The van der Waals surface area contributed by atoms with Crippen LogP contribution in [0.2, 0.25) is 0 Å². The minimum absolute atomic E-state index is 0.0237. The molecule has 0 saturated heterocycles. The number of rotatable bonds is 4. The number of nitrogens with zero attached hydrogens (tertiary/aromatic N) is 1. The highest BCUT2D eigenvalue weighted by molar-refractivity contribution is 5.78. The smallest absolute Gasteiger partial charge is 0.234 e. The number of fused-ring (bicyclic) bond motifs is 1. The van der Waals surface area contributed by atoms with Crippen molar-refractivity contribution < 1.29 is 14.3 Å². The van der Waals surface area contributed by atoms with Crippen LogP contribution < -0.4 is 14.8 Å². The highest BCUT2D eigenvalue weighted by Gasteiger charge is 2.21. The molecule has 19 heavy (non-hydrogen) atoms. The lowest BCUT2D eigenvalue weighted by Gasteiger charge is -2.26. The van der Waals surface area contributed by atoms with Crippen LogP contribution in [0.4, 0.5) is 0 Å². The summed E-state index contributed by atoms with van der Waals surface area (Å²) in [5.74, 6) is 1.65. The topological polar surface area (TPSA) is 50.8 Å². The largest absolute Gasteiger partial charge is 0.497 e. The molecule has 0 fully saturated rings. The van der Waals surface area contributed by atoms with Crippen molar-refractivity contribution in [3.8, 4) is 11.5 Å². The highest BCUT2D eigenvalue weighted by Crippen LogP contribution is 2.28. The number of amides is 1. The lowest BCUT2D eigenvalue weighted by atomic mass is 10.0. The van der Waals surface area contributed by atoms with Crippen molar-refractivity contribution in [3.63, 3.8) is 0 Å². The number of carbonyl (C=O) groups is 1. The van der Waals surface area contributed by atoms with Gasteiger partial charge in [0.05, 0.1) is 19.7 Å². The van der Waals surface area contributed by atoms with E-state index in [1.165, 1.54) is 0 Å². The fourth-order valence-corrected chi connectivity index (χ4v) is 2.13. The van der Waals surface area contributed by atoms with E-state index >= 15 is 0 Å². The van der Waals surface area contributed by atoms with E-state index in [1.54, 1.807) is 7.11 Å². The molecule has 104 valence electrons. The maximum absolute atomic E-state index is 11.7. The Balaban J connectivity index is 1.96. The fraction of sp³-hybridized carbons (Fsp3) is 0.500. The minimum atomic E-state index is 0.0237. The fourth-order valence-electron chi connectivity index (χ4n) is 2.13. The van der Waals surface area contributed by atoms with Gasteiger partial charge in [-0.05, 0) is 32.1 Å². The van der Waals surface area contributed by atoms with Crippen molar-refractivity contribution in [2.45, 2.75) is 12.5 Å². The van der Waals surface area contributed by atoms with Crippen molar-refractivity contribution in [1.82, 2.24) is 10.2 Å². The van der Waals surface area contributed by atoms with Gasteiger partial charge in [-0.3, -0.25) is 4.79 Å². The summed E-state index contributed by atoms with van der Waals surface area (Å²) < 4.78 is 10.8. The molecule has 0 aromatic heterocycles. The van der Waals surface area contributed by atoms with Crippen molar-refractivity contribution >= 4 is 5.91 Å². The molecule has 5 nitrogen and oxygen atoms in total. The number of carbonyl (C=O) groups excluding carboxylic acids is 1. The molecule has 1 N–H and O–H groups in total. The molecule has 1 aromatic carbocycles. The van der Waals surface area contributed by atoms with Gasteiger partial charge in [-0.1, -0.05) is 6.07 Å². The number of nitrogens with one attached hydrogen (secondary N) is 1. The van der Waals surface area contributed by atoms with Crippen LogP contribution in [-0.2, 0) is 11.2 Å². The molecule has 1 heterocycles. The normalized spacial score (nSPS) is 17.6. The summed E-state index contributed by atoms with van der Waals surface area (Å²) in [5, 5.41) is 2.98. The molecular weight excluding hydrogens is 244 g/mol. The predicted octanol–water partition coefficient (Wildman–Crippen LogP) is 0.676. The first kappa shape index (κ1) is 13.7. The Kier molecular flexibility index (Phi) is 4.27. The molecule has 5 heteroatoms. The van der Waals surface area contributed by atoms with Gasteiger partial charge in [0.1, 0.15) is 18.1 Å². The first-order valence-electron chi connectivity index (χ1n) is 6.32. The van der Waals surface area contributed by atoms with E-state index < -0.39 is 0 Å². The minimum Gasteiger partial charge on any atom is -0.497 e. The van der Waals surface area contributed by atoms with Crippen LogP contribution in [0.15, 0.2) is 18.2 Å². The number of benzene rings is 1. The second kappa shape index (κ2) is 5.93. The predicted molar refractivity (Wildman–Crippen MR) is 72.7 cm³/mol. The van der Waals surface area contributed by atoms with Gasteiger partial charge in [-0.25, -0.2) is 0 Å². The van der Waals surface area contributed by atoms with Gasteiger partial charge < -0.3 is 19.7 Å². The van der Waals surface area contributed by atoms with Crippen LogP contribution in [0.25, 0.3) is 0 Å². The summed E-state index contributed by atoms with van der Waals surface area (Å²) in [6, 6.07) is 5.81. The first-order chi connectivity index (χ1) is 9.08. The van der Waals surface area contributed by atoms with Crippen LogP contribution in [0.1, 0.15) is 5.56 Å². The average Bonchev–Trinajstić information content (AvgIpc) is 2.37. The lowest BCUT2D eigenvalue weighted by molar-refractivity contribution is -0.122. The monoisotopic (exact) mass is 264 g/mol. The second-order valence-electron chi connectivity index (χ2n) is 4.99. The summed E-state index contributed by atoms with van der Waals surface area (Å²) in [5.41, 5.74) is 1.10. The number of ether oxygens (including phenoxy) is 2. The number of hydrogen-bond donors (Lipinski definition) is 1. The third-order valence-electron chi connectivity index (χ3n) is 3.01. The number of likely N-dealkylation sites (N-methyl/N-ethyl adjacent to an activating group) is 1. The molecule has 0 saturated carbocycles. The molecule has 1 atom stereocenters. The SMILES string of the molecule is COc1ccc2c(c1)OC[C@@H](NC(=O)CN(C)C)C2. The summed E-state index contributed by atoms with van der Waals surface area (Å²) >= 11 is 0. The molecule has 2 rings (SSSR count). The average molecular weight is 264 g/mol. The first-order valence-corrected chi connectivity index (χ1v) is 6.32. The molecule has 1 aromatic rings. The molecule has 0 unspecified atom stereocenters. The van der Waals surface area contributed by atoms with E-state index in [4.69, 9.17) is 9.47 Å². The van der Waals surface area contributed by atoms with E-state index in [1.807, 2.05) is 37.2 Å². The Bertz CT molecular complexity index is 460. The van der Waals surface area contributed by atoms with Crippen LogP contribution in [-0.4, -0.2) is 51.2 Å². The summed E-state index contributed by atoms with van der Waals surface area (Å²) in [4.78, 5) is 13.6. The summed E-state index contributed by atoms with van der Waals surface area (Å²) in [7, 11) is 5.38. The van der Waals surface area contributed by atoms with Gasteiger partial charge in [-0.2, -0.15) is 0 Å². The van der Waals surface area contributed by atoms with Gasteiger partial charge >= 0.3 is 0 Å². The van der Waals surface area contributed by atoms with Crippen LogP contribution in [0, 0.1) is 0 Å². The second-order valence-corrected chi connectivity index (χ2v) is 4.99. The molecular formula is C14H20N2O3. The van der Waals surface area contributed by atoms with Gasteiger partial charge in [0.15, 0.2) is 0 Å². The van der Waals surface area contributed by atoms with Gasteiger partial charge in [0, 0.05) is 6.07 Å². The third-order valence-corrected chi connectivity index (χ3v) is 3.01. The van der Waals surface area contributed by atoms with Gasteiger partial charge in [0.25, 0.3) is 0 Å². The quantitative estimate of drug-likeness (QED) is 0.868. The standard InChI is InChI=1S/C14H20N2O3/c1-16(2)8-14(17)15-11-6-10-4-5-12(18-3)7-13(10)19-9-11/h4-5,7,11H,6,8-9H2,1-3H3,(H,15,17)/t11-/m0/s1. The van der Waals surface area contributed by atoms with Crippen LogP contribution >= 0.6 is 0 Å². The Labute approximate surface area is 113 Å². The Morgan fingerprint density at radius 1 is 1.53 bits per heavy atom. The van der Waals surface area contributed by atoms with E-state index in [9.17, 15) is 4.79 Å². The molecule has 0 bridgehead atoms. The number of methoxy groups -OCH3 is 1. The Morgan fingerprint density at radius 3 is 3.00 bits per heavy atom. The van der Waals surface area contributed by atoms with E-state index in [0.29, 0.717) is 13.2 Å². The molecule has 1 aliphatic heterocycles. The van der Waals surface area contributed by atoms with Crippen LogP contribution in [0.5, 0.6) is 11.5 Å². The van der Waals surface area contributed by atoms with Gasteiger partial charge in [-0.15, -0.1) is 0 Å². The van der Waals surface area contributed by atoms with E-state index in [-0.39, 0.29) is 11.9 Å². The molecule has 0 aliphatic carbocycles. The Morgan fingerprint density at radius 2 is 2.32 bits per heavy atom. The third kappa shape index (κ3) is 3.61. The summed E-state index contributed by atoms with van der Waals surface area (Å²) in [6.07, 6.45) is 0.790. The molecule has 0 spiro atoms. The zero-order chi connectivity index (χ0) is 13.8. The van der Waals surface area contributed by atoms with Crippen LogP contribution in [0.3, 0.4) is 0 Å². The number of hydrogen-bond acceptors (Lipinski definition) is 4. The molecule has 1 amide bonds. The molecule has 1 aliphatic rings. The van der Waals surface area contributed by atoms with Crippen molar-refractivity contribution in [3.05, 3.63) is 23.8 Å². The van der Waals surface area contributed by atoms with Gasteiger partial charge in [0.2, 0.25) is 5.91 Å². The highest BCUT2D eigenvalue weighted by atomic mass is 16.5. The lowest BCUT2D eigenvalue weighted by Crippen LogP contribution is -2.45. The van der Waals surface area contributed by atoms with Crippen molar-refractivity contribution in [2.75, 3.05) is 34.4 Å². The Hall–Kier alpha value is -1.75. The zero-order valence-corrected chi connectivity index (χ0v) is 11.6. The zero-order valence-electron chi connectivity index (χ0n) is 11.6.